The average molecular weight is 239 g/mol. The molecule has 3 nitrogen and oxygen atoms in total. The van der Waals surface area contributed by atoms with E-state index < -0.39 is 0 Å². The topological polar surface area (TPSA) is 38.3 Å². The average Bonchev–Trinajstić information content (AvgIpc) is 2.33. The van der Waals surface area contributed by atoms with Crippen LogP contribution in [0.3, 0.4) is 0 Å². The first-order valence-electron chi connectivity index (χ1n) is 7.14. The van der Waals surface area contributed by atoms with Crippen LogP contribution < -0.4 is 5.32 Å². The molecule has 17 heavy (non-hydrogen) atoms. The summed E-state index contributed by atoms with van der Waals surface area (Å²) in [4.78, 5) is 11.8. The van der Waals surface area contributed by atoms with Gasteiger partial charge in [-0.15, -0.1) is 0 Å². The molecule has 1 atom stereocenters. The van der Waals surface area contributed by atoms with Crippen molar-refractivity contribution in [2.75, 3.05) is 13.1 Å². The minimum atomic E-state index is 0.0262. The van der Waals surface area contributed by atoms with Gasteiger partial charge in [0.05, 0.1) is 0 Å². The molecular formula is C14H25NO2. The molecule has 2 fully saturated rings. The predicted molar refractivity (Wildman–Crippen MR) is 67.7 cm³/mol. The molecule has 1 aliphatic carbocycles. The molecule has 1 unspecified atom stereocenters. The number of ether oxygens (including phenoxy) is 1. The molecule has 98 valence electrons. The second-order valence-electron chi connectivity index (χ2n) is 5.79. The fourth-order valence-corrected chi connectivity index (χ4v) is 2.92. The Morgan fingerprint density at radius 1 is 1.24 bits per heavy atom. The Hall–Kier alpha value is -0.570. The van der Waals surface area contributed by atoms with E-state index in [9.17, 15) is 4.79 Å². The molecule has 0 aromatic carbocycles. The quantitative estimate of drug-likeness (QED) is 0.769. The lowest BCUT2D eigenvalue weighted by Crippen LogP contribution is -2.32. The first-order chi connectivity index (χ1) is 8.24. The molecule has 1 saturated heterocycles. The van der Waals surface area contributed by atoms with E-state index in [2.05, 4.69) is 12.2 Å². The number of esters is 1. The van der Waals surface area contributed by atoms with Crippen LogP contribution in [0.5, 0.6) is 0 Å². The lowest BCUT2D eigenvalue weighted by molar-refractivity contribution is -0.152. The van der Waals surface area contributed by atoms with Crippen molar-refractivity contribution >= 4 is 5.97 Å². The molecule has 0 aromatic heterocycles. The van der Waals surface area contributed by atoms with E-state index in [1.54, 1.807) is 0 Å². The van der Waals surface area contributed by atoms with Gasteiger partial charge in [-0.25, -0.2) is 0 Å². The summed E-state index contributed by atoms with van der Waals surface area (Å²) in [5, 5.41) is 3.34. The number of carbonyl (C=O) groups excluding carboxylic acids is 1. The van der Waals surface area contributed by atoms with Crippen LogP contribution in [-0.2, 0) is 9.53 Å². The summed E-state index contributed by atoms with van der Waals surface area (Å²) in [5.41, 5.74) is 0. The van der Waals surface area contributed by atoms with Crippen LogP contribution in [0.1, 0.15) is 51.9 Å². The minimum absolute atomic E-state index is 0.0262. The van der Waals surface area contributed by atoms with Gasteiger partial charge in [-0.2, -0.15) is 0 Å². The van der Waals surface area contributed by atoms with Crippen molar-refractivity contribution in [3.05, 3.63) is 0 Å². The van der Waals surface area contributed by atoms with Crippen LogP contribution in [0.15, 0.2) is 0 Å². The van der Waals surface area contributed by atoms with Crippen LogP contribution in [0.4, 0.5) is 0 Å². The molecule has 1 saturated carbocycles. The van der Waals surface area contributed by atoms with Crippen LogP contribution in [0, 0.1) is 11.8 Å². The smallest absolute Gasteiger partial charge is 0.306 e. The predicted octanol–water partition coefficient (Wildman–Crippen LogP) is 2.50. The standard InChI is InChI=1S/C14H25NO2/c1-11-4-6-13(7-5-11)17-14(16)9-12-3-2-8-15-10-12/h11-13,15H,2-10H2,1H3. The van der Waals surface area contributed by atoms with Crippen molar-refractivity contribution in [2.24, 2.45) is 11.8 Å². The number of carbonyl (C=O) groups is 1. The van der Waals surface area contributed by atoms with E-state index in [1.807, 2.05) is 0 Å². The molecule has 2 rings (SSSR count). The van der Waals surface area contributed by atoms with Gasteiger partial charge in [0, 0.05) is 6.42 Å². The fourth-order valence-electron chi connectivity index (χ4n) is 2.92. The molecule has 1 aliphatic heterocycles. The van der Waals surface area contributed by atoms with E-state index in [1.165, 1.54) is 25.7 Å². The lowest BCUT2D eigenvalue weighted by atomic mass is 9.89. The van der Waals surface area contributed by atoms with Gasteiger partial charge in [-0.3, -0.25) is 4.79 Å². The minimum Gasteiger partial charge on any atom is -0.462 e. The zero-order valence-electron chi connectivity index (χ0n) is 10.9. The molecule has 2 aliphatic rings. The SMILES string of the molecule is CC1CCC(OC(=O)CC2CCCNC2)CC1. The van der Waals surface area contributed by atoms with E-state index in [-0.39, 0.29) is 12.1 Å². The monoisotopic (exact) mass is 239 g/mol. The number of rotatable bonds is 3. The third-order valence-electron chi connectivity index (χ3n) is 4.12. The van der Waals surface area contributed by atoms with Crippen molar-refractivity contribution < 1.29 is 9.53 Å². The zero-order chi connectivity index (χ0) is 12.1. The molecule has 3 heteroatoms. The Morgan fingerprint density at radius 2 is 2.00 bits per heavy atom. The molecule has 0 bridgehead atoms. The van der Waals surface area contributed by atoms with Crippen LogP contribution in [-0.4, -0.2) is 25.2 Å². The number of piperidine rings is 1. The van der Waals surface area contributed by atoms with E-state index >= 15 is 0 Å². The van der Waals surface area contributed by atoms with Crippen LogP contribution in [0.25, 0.3) is 0 Å². The summed E-state index contributed by atoms with van der Waals surface area (Å²) in [6, 6.07) is 0. The highest BCUT2D eigenvalue weighted by Gasteiger charge is 2.23. The molecule has 0 aromatic rings. The Morgan fingerprint density at radius 3 is 2.65 bits per heavy atom. The Bertz CT molecular complexity index is 241. The maximum absolute atomic E-state index is 11.8. The normalized spacial score (nSPS) is 34.3. The summed E-state index contributed by atoms with van der Waals surface area (Å²) in [5.74, 6) is 1.34. The van der Waals surface area contributed by atoms with E-state index in [0.29, 0.717) is 12.3 Å². The lowest BCUT2D eigenvalue weighted by Gasteiger charge is -2.27. The highest BCUT2D eigenvalue weighted by molar-refractivity contribution is 5.69. The van der Waals surface area contributed by atoms with E-state index in [4.69, 9.17) is 4.74 Å². The molecule has 0 amide bonds. The number of hydrogen-bond acceptors (Lipinski definition) is 3. The third-order valence-corrected chi connectivity index (χ3v) is 4.12. The molecular weight excluding hydrogens is 214 g/mol. The van der Waals surface area contributed by atoms with Crippen molar-refractivity contribution in [3.63, 3.8) is 0 Å². The maximum atomic E-state index is 11.8. The Labute approximate surface area is 104 Å². The first-order valence-corrected chi connectivity index (χ1v) is 7.14. The maximum Gasteiger partial charge on any atom is 0.306 e. The van der Waals surface area contributed by atoms with Crippen LogP contribution in [0.2, 0.25) is 0 Å². The van der Waals surface area contributed by atoms with E-state index in [0.717, 1.165) is 31.8 Å². The highest BCUT2D eigenvalue weighted by atomic mass is 16.5. The first kappa shape index (κ1) is 12.9. The van der Waals surface area contributed by atoms with Gasteiger partial charge < -0.3 is 10.1 Å². The Balaban J connectivity index is 1.66. The third kappa shape index (κ3) is 4.30. The van der Waals surface area contributed by atoms with Crippen molar-refractivity contribution in [3.8, 4) is 0 Å². The molecule has 0 spiro atoms. The van der Waals surface area contributed by atoms with Crippen molar-refractivity contribution in [2.45, 2.75) is 58.0 Å². The zero-order valence-corrected chi connectivity index (χ0v) is 10.9. The van der Waals surface area contributed by atoms with Gasteiger partial charge in [0.25, 0.3) is 0 Å². The van der Waals surface area contributed by atoms with Crippen molar-refractivity contribution in [1.29, 1.82) is 0 Å². The van der Waals surface area contributed by atoms with Crippen molar-refractivity contribution in [1.82, 2.24) is 5.32 Å². The number of hydrogen-bond donors (Lipinski definition) is 1. The summed E-state index contributed by atoms with van der Waals surface area (Å²) < 4.78 is 5.58. The second kappa shape index (κ2) is 6.39. The molecule has 1 heterocycles. The number of nitrogens with one attached hydrogen (secondary N) is 1. The van der Waals surface area contributed by atoms with Gasteiger partial charge in [-0.1, -0.05) is 6.92 Å². The highest BCUT2D eigenvalue weighted by Crippen LogP contribution is 2.26. The summed E-state index contributed by atoms with van der Waals surface area (Å²) in [6.07, 6.45) is 7.73. The summed E-state index contributed by atoms with van der Waals surface area (Å²) >= 11 is 0. The van der Waals surface area contributed by atoms with Gasteiger partial charge in [-0.05, 0) is 63.5 Å². The molecule has 1 N–H and O–H groups in total. The summed E-state index contributed by atoms with van der Waals surface area (Å²) in [7, 11) is 0. The van der Waals surface area contributed by atoms with Gasteiger partial charge in [0.1, 0.15) is 6.10 Å². The Kier molecular flexibility index (Phi) is 4.84. The second-order valence-corrected chi connectivity index (χ2v) is 5.79. The van der Waals surface area contributed by atoms with Gasteiger partial charge in [0.15, 0.2) is 0 Å². The largest absolute Gasteiger partial charge is 0.462 e. The molecule has 0 radical (unpaired) electrons. The summed E-state index contributed by atoms with van der Waals surface area (Å²) in [6.45, 7) is 4.37. The fraction of sp³-hybridized carbons (Fsp3) is 0.929. The van der Waals surface area contributed by atoms with Gasteiger partial charge >= 0.3 is 5.97 Å². The van der Waals surface area contributed by atoms with Crippen LogP contribution >= 0.6 is 0 Å². The van der Waals surface area contributed by atoms with Gasteiger partial charge in [0.2, 0.25) is 0 Å².